The Hall–Kier alpha value is -8.64. The molecule has 96 heavy (non-hydrogen) atoms. The summed E-state index contributed by atoms with van der Waals surface area (Å²) < 4.78 is 21.5. The van der Waals surface area contributed by atoms with E-state index in [1.807, 2.05) is 48.5 Å². The third kappa shape index (κ3) is 10.3. The van der Waals surface area contributed by atoms with Gasteiger partial charge in [-0.25, -0.2) is 29.2 Å². The first-order chi connectivity index (χ1) is 47.0. The molecular weight excluding hydrogens is 1190 g/mol. The predicted molar refractivity (Wildman–Crippen MR) is 373 cm³/mol. The lowest BCUT2D eigenvalue weighted by molar-refractivity contribution is 0.0592. The van der Waals surface area contributed by atoms with Gasteiger partial charge in [-0.15, -0.1) is 0 Å². The molecule has 4 heterocycles. The second-order valence-electron chi connectivity index (χ2n) is 29.8. The number of hydrogen-bond donors (Lipinski definition) is 2. The standard InChI is InChI=1S/C84H86N4O8/c1-93-81(89)49-29-21-45(22-30-49)69-73-61-37-53-13-5-7-15-55(53)39-63(61)75(85-73)70(46-23-31-50(32-24-46)82(90)94-2)77-65-41-57-17-9-11-19-59(57)43-67(65)79(87-77)72(48-27-35-52(36-28-48)84(92)96-4)80-68-44-60-20-12-10-18-58(60)42-66(68)78(88-80)71(47-25-33-51(34-26-47)83(91)95-3)76-64-40-56-16-8-6-14-54(56)38-62(64)74(69)86-76/h21-36,53-60,85-86H,5-20,37-44H2,1-4H3. The van der Waals surface area contributed by atoms with Crippen LogP contribution in [0, 0.1) is 47.3 Å². The average Bonchev–Trinajstić information content (AvgIpc) is 1.55. The van der Waals surface area contributed by atoms with Crippen LogP contribution in [0.5, 0.6) is 0 Å². The SMILES string of the molecule is COC(=O)c1ccc(C2=C3N=C(C4=C3CC3CCCCC3C4)C(c3ccc(C(=O)OC)cc3)=c3[nH]c(c4c3CC3CCCCC3C4)=C(c3ccc(C(=O)OC)cc3)c3[nH]c(c4c3CC3CCCCC3C4)C(c3ccc(C(=O)OC)cc3)=C3N=C2C2=C3CC3CCCCC3C2)cc1. The Morgan fingerprint density at radius 1 is 0.312 bits per heavy atom. The number of aliphatic imine (C=N–C) groups is 2. The highest BCUT2D eigenvalue weighted by molar-refractivity contribution is 6.38. The number of rotatable bonds is 8. The number of nitrogens with one attached hydrogen (secondary N) is 2. The van der Waals surface area contributed by atoms with E-state index in [1.165, 1.54) is 176 Å². The summed E-state index contributed by atoms with van der Waals surface area (Å²) in [6.07, 6.45) is 26.3. The van der Waals surface area contributed by atoms with Crippen molar-refractivity contribution >= 4 is 57.6 Å². The Morgan fingerprint density at radius 3 is 0.948 bits per heavy atom. The van der Waals surface area contributed by atoms with E-state index in [1.54, 1.807) is 0 Å². The minimum atomic E-state index is -0.386. The first-order valence-corrected chi connectivity index (χ1v) is 36.1. The van der Waals surface area contributed by atoms with Gasteiger partial charge in [0.25, 0.3) is 0 Å². The van der Waals surface area contributed by atoms with Crippen molar-refractivity contribution in [2.75, 3.05) is 28.4 Å². The molecule has 17 rings (SSSR count). The van der Waals surface area contributed by atoms with Crippen LogP contribution in [0.15, 0.2) is 141 Å². The van der Waals surface area contributed by atoms with Gasteiger partial charge in [0.05, 0.1) is 95.6 Å². The van der Waals surface area contributed by atoms with Gasteiger partial charge in [-0.1, -0.05) is 99.9 Å². The van der Waals surface area contributed by atoms with Crippen molar-refractivity contribution in [3.63, 3.8) is 0 Å². The number of methoxy groups -OCH3 is 4. The number of aromatic nitrogens is 2. The molecule has 0 saturated heterocycles. The Kier molecular flexibility index (Phi) is 15.7. The zero-order valence-corrected chi connectivity index (χ0v) is 56.0. The molecule has 0 spiro atoms. The Bertz CT molecular complexity index is 4580. The van der Waals surface area contributed by atoms with Crippen LogP contribution >= 0.6 is 0 Å². The molecular formula is C84H86N4O8. The maximum atomic E-state index is 13.5. The highest BCUT2D eigenvalue weighted by Gasteiger charge is 2.46. The summed E-state index contributed by atoms with van der Waals surface area (Å²) in [5.41, 5.74) is 26.6. The molecule has 2 N–H and O–H groups in total. The molecule has 12 nitrogen and oxygen atoms in total. The number of H-pyrrole nitrogens is 2. The normalized spacial score (nSPS) is 25.6. The van der Waals surface area contributed by atoms with Crippen molar-refractivity contribution in [1.29, 1.82) is 0 Å². The molecule has 9 aliphatic carbocycles. The van der Waals surface area contributed by atoms with Gasteiger partial charge >= 0.3 is 23.9 Å². The van der Waals surface area contributed by atoms with E-state index in [9.17, 15) is 19.2 Å². The second-order valence-corrected chi connectivity index (χ2v) is 29.8. The van der Waals surface area contributed by atoms with Crippen LogP contribution in [0.1, 0.15) is 226 Å². The minimum Gasteiger partial charge on any atom is -0.465 e. The van der Waals surface area contributed by atoms with Crippen molar-refractivity contribution in [3.8, 4) is 0 Å². The molecule has 4 fully saturated rings. The van der Waals surface area contributed by atoms with Gasteiger partial charge < -0.3 is 28.9 Å². The molecule has 2 aliphatic heterocycles. The summed E-state index contributed by atoms with van der Waals surface area (Å²) in [5.74, 6) is 2.45. The third-order valence-corrected chi connectivity index (χ3v) is 25.1. The Labute approximate surface area is 562 Å². The maximum Gasteiger partial charge on any atom is 0.337 e. The Morgan fingerprint density at radius 2 is 0.583 bits per heavy atom. The summed E-state index contributed by atoms with van der Waals surface area (Å²) in [6, 6.07) is 32.5. The van der Waals surface area contributed by atoms with Crippen molar-refractivity contribution < 1.29 is 38.1 Å². The molecule has 11 aliphatic rings. The maximum absolute atomic E-state index is 13.5. The largest absolute Gasteiger partial charge is 0.465 e. The van der Waals surface area contributed by atoms with Crippen molar-refractivity contribution in [3.05, 3.63) is 220 Å². The molecule has 8 atom stereocenters. The number of carbonyl (C=O) groups excluding carboxylic acids is 4. The van der Waals surface area contributed by atoms with E-state index in [-0.39, 0.29) is 23.9 Å². The lowest BCUT2D eigenvalue weighted by Crippen LogP contribution is -2.32. The number of nitrogens with zero attached hydrogens (tertiary/aromatic N) is 2. The fourth-order valence-electron chi connectivity index (χ4n) is 20.2. The molecule has 0 amide bonds. The molecule has 8 bridgehead atoms. The smallest absolute Gasteiger partial charge is 0.337 e. The molecule has 2 aromatic heterocycles. The van der Waals surface area contributed by atoms with E-state index >= 15 is 0 Å². The number of benzene rings is 4. The van der Waals surface area contributed by atoms with Crippen LogP contribution in [-0.2, 0) is 44.6 Å². The molecule has 12 heteroatoms. The Balaban J connectivity index is 1.08. The summed E-state index contributed by atoms with van der Waals surface area (Å²) in [5, 5.41) is 2.17. The third-order valence-electron chi connectivity index (χ3n) is 25.1. The number of carbonyl (C=O) groups is 4. The minimum absolute atomic E-state index is 0.377. The lowest BCUT2D eigenvalue weighted by atomic mass is 9.66. The van der Waals surface area contributed by atoms with Gasteiger partial charge in [0.15, 0.2) is 0 Å². The summed E-state index contributed by atoms with van der Waals surface area (Å²) in [7, 11) is 5.79. The molecule has 490 valence electrons. The molecule has 4 saturated carbocycles. The average molecular weight is 1280 g/mol. The van der Waals surface area contributed by atoms with E-state index in [0.717, 1.165) is 141 Å². The van der Waals surface area contributed by atoms with Gasteiger partial charge in [0, 0.05) is 22.3 Å². The zero-order chi connectivity index (χ0) is 65.0. The van der Waals surface area contributed by atoms with Gasteiger partial charge in [-0.3, -0.25) is 0 Å². The topological polar surface area (TPSA) is 162 Å². The molecule has 6 aromatic rings. The number of allylic oxidation sites excluding steroid dienone is 5. The molecule has 8 unspecified atom stereocenters. The summed E-state index contributed by atoms with van der Waals surface area (Å²) in [4.78, 5) is 75.7. The number of hydrogen-bond acceptors (Lipinski definition) is 10. The van der Waals surface area contributed by atoms with Gasteiger partial charge in [0.1, 0.15) is 0 Å². The van der Waals surface area contributed by atoms with Crippen LogP contribution in [0.2, 0.25) is 0 Å². The van der Waals surface area contributed by atoms with Gasteiger partial charge in [-0.2, -0.15) is 0 Å². The zero-order valence-electron chi connectivity index (χ0n) is 56.0. The number of ether oxygens (including phenoxy) is 4. The van der Waals surface area contributed by atoms with Crippen LogP contribution < -0.4 is 10.7 Å². The first kappa shape index (κ1) is 61.0. The van der Waals surface area contributed by atoms with Crippen LogP contribution in [-0.4, -0.2) is 73.7 Å². The predicted octanol–water partition coefficient (Wildman–Crippen LogP) is 15.6. The highest BCUT2D eigenvalue weighted by Crippen LogP contribution is 2.56. The van der Waals surface area contributed by atoms with Crippen LogP contribution in [0.4, 0.5) is 0 Å². The fraction of sp³-hybridized carbons (Fsp3) is 0.429. The van der Waals surface area contributed by atoms with Gasteiger partial charge in [-0.05, 0) is 265 Å². The molecule has 0 radical (unpaired) electrons. The van der Waals surface area contributed by atoms with E-state index in [0.29, 0.717) is 69.6 Å². The number of fused-ring (bicyclic) bond motifs is 4. The van der Waals surface area contributed by atoms with Crippen LogP contribution in [0.3, 0.4) is 0 Å². The van der Waals surface area contributed by atoms with E-state index < -0.39 is 0 Å². The van der Waals surface area contributed by atoms with E-state index in [4.69, 9.17) is 28.9 Å². The molecule has 4 aromatic carbocycles. The van der Waals surface area contributed by atoms with Crippen molar-refractivity contribution in [2.24, 2.45) is 57.3 Å². The van der Waals surface area contributed by atoms with Crippen molar-refractivity contribution in [1.82, 2.24) is 9.97 Å². The fourth-order valence-corrected chi connectivity index (χ4v) is 20.2. The van der Waals surface area contributed by atoms with E-state index in [2.05, 4.69) is 58.5 Å². The highest BCUT2D eigenvalue weighted by atomic mass is 16.5. The summed E-state index contributed by atoms with van der Waals surface area (Å²) in [6.45, 7) is 0. The summed E-state index contributed by atoms with van der Waals surface area (Å²) >= 11 is 0. The van der Waals surface area contributed by atoms with Crippen molar-refractivity contribution in [2.45, 2.75) is 154 Å². The number of esters is 4. The quantitative estimate of drug-likeness (QED) is 0.112. The second kappa shape index (κ2) is 24.8. The van der Waals surface area contributed by atoms with Crippen LogP contribution in [0.25, 0.3) is 22.3 Å². The monoisotopic (exact) mass is 1280 g/mol. The lowest BCUT2D eigenvalue weighted by Gasteiger charge is -2.38. The number of aromatic amines is 2. The van der Waals surface area contributed by atoms with Gasteiger partial charge in [0.2, 0.25) is 0 Å². The first-order valence-electron chi connectivity index (χ1n) is 36.1.